The van der Waals surface area contributed by atoms with Crippen LogP contribution in [-0.2, 0) is 16.1 Å². The van der Waals surface area contributed by atoms with Crippen molar-refractivity contribution in [1.82, 2.24) is 4.98 Å². The molecule has 1 aromatic carbocycles. The summed E-state index contributed by atoms with van der Waals surface area (Å²) >= 11 is 0. The molecule has 1 N–H and O–H groups in total. The minimum atomic E-state index is -4.57. The number of aromatic amines is 1. The van der Waals surface area contributed by atoms with Gasteiger partial charge in [-0.3, -0.25) is 0 Å². The minimum Gasteiger partial charge on any atom is -0.456 e. The number of aromatic nitrogens is 1. The van der Waals surface area contributed by atoms with Crippen LogP contribution in [0.4, 0.5) is 13.2 Å². The third-order valence-electron chi connectivity index (χ3n) is 3.71. The van der Waals surface area contributed by atoms with Crippen LogP contribution < -0.4 is 0 Å². The zero-order chi connectivity index (χ0) is 17.9. The molecule has 2 aromatic rings. The largest absolute Gasteiger partial charge is 0.456 e. The first-order valence-corrected chi connectivity index (χ1v) is 7.25. The molecule has 0 bridgehead atoms. The van der Waals surface area contributed by atoms with Crippen molar-refractivity contribution in [2.75, 3.05) is 7.11 Å². The number of hydrogen-bond donors (Lipinski definition) is 1. The van der Waals surface area contributed by atoms with E-state index in [1.54, 1.807) is 24.3 Å². The van der Waals surface area contributed by atoms with E-state index in [2.05, 4.69) is 9.72 Å². The second-order valence-corrected chi connectivity index (χ2v) is 5.38. The van der Waals surface area contributed by atoms with E-state index >= 15 is 0 Å². The van der Waals surface area contributed by atoms with Crippen LogP contribution in [0.15, 0.2) is 30.3 Å². The van der Waals surface area contributed by atoms with E-state index in [1.165, 1.54) is 13.8 Å². The van der Waals surface area contributed by atoms with E-state index in [9.17, 15) is 18.0 Å². The maximum absolute atomic E-state index is 13.1. The van der Waals surface area contributed by atoms with Gasteiger partial charge in [0.15, 0.2) is 6.10 Å². The quantitative estimate of drug-likeness (QED) is 0.828. The Morgan fingerprint density at radius 2 is 1.83 bits per heavy atom. The molecule has 130 valence electrons. The Kier molecular flexibility index (Phi) is 5.33. The van der Waals surface area contributed by atoms with Crippen LogP contribution in [0.25, 0.3) is 0 Å². The minimum absolute atomic E-state index is 0.00438. The zero-order valence-electron chi connectivity index (χ0n) is 13.5. The van der Waals surface area contributed by atoms with Gasteiger partial charge in [-0.25, -0.2) is 4.79 Å². The highest BCUT2D eigenvalue weighted by Crippen LogP contribution is 2.39. The van der Waals surface area contributed by atoms with Gasteiger partial charge in [0.1, 0.15) is 12.3 Å². The smallest absolute Gasteiger partial charge is 0.418 e. The number of H-pyrrole nitrogens is 1. The van der Waals surface area contributed by atoms with Crippen LogP contribution in [0.3, 0.4) is 0 Å². The van der Waals surface area contributed by atoms with Gasteiger partial charge in [-0.1, -0.05) is 30.3 Å². The fourth-order valence-electron chi connectivity index (χ4n) is 2.57. The summed E-state index contributed by atoms with van der Waals surface area (Å²) in [5.41, 5.74) is 1.11. The molecule has 24 heavy (non-hydrogen) atoms. The van der Waals surface area contributed by atoms with Crippen molar-refractivity contribution in [3.63, 3.8) is 0 Å². The monoisotopic (exact) mass is 341 g/mol. The lowest BCUT2D eigenvalue weighted by Gasteiger charge is -2.19. The SMILES string of the molecule is COC(c1c(C)[nH]c(C(=O)OCc2ccccc2)c1C)C(F)(F)F. The second kappa shape index (κ2) is 7.09. The molecule has 0 radical (unpaired) electrons. The number of halogens is 3. The molecule has 0 spiro atoms. The van der Waals surface area contributed by atoms with E-state index in [-0.39, 0.29) is 29.1 Å². The van der Waals surface area contributed by atoms with Crippen molar-refractivity contribution in [3.05, 3.63) is 58.4 Å². The van der Waals surface area contributed by atoms with Crippen molar-refractivity contribution < 1.29 is 27.4 Å². The summed E-state index contributed by atoms with van der Waals surface area (Å²) in [6, 6.07) is 9.01. The molecule has 1 atom stereocenters. The summed E-state index contributed by atoms with van der Waals surface area (Å²) in [5, 5.41) is 0. The number of carbonyl (C=O) groups is 1. The molecule has 0 saturated heterocycles. The number of nitrogens with one attached hydrogen (secondary N) is 1. The van der Waals surface area contributed by atoms with E-state index in [0.717, 1.165) is 12.7 Å². The van der Waals surface area contributed by atoms with Gasteiger partial charge < -0.3 is 14.5 Å². The van der Waals surface area contributed by atoms with Crippen LogP contribution in [-0.4, -0.2) is 24.2 Å². The van der Waals surface area contributed by atoms with Gasteiger partial charge in [-0.05, 0) is 25.0 Å². The number of hydrogen-bond acceptors (Lipinski definition) is 3. The predicted molar refractivity (Wildman–Crippen MR) is 81.6 cm³/mol. The maximum Gasteiger partial charge on any atom is 0.418 e. The number of rotatable bonds is 5. The predicted octanol–water partition coefficient (Wildman–Crippen LogP) is 4.24. The van der Waals surface area contributed by atoms with Crippen molar-refractivity contribution in [2.24, 2.45) is 0 Å². The Balaban J connectivity index is 2.23. The van der Waals surface area contributed by atoms with Crippen molar-refractivity contribution in [3.8, 4) is 0 Å². The van der Waals surface area contributed by atoms with Crippen LogP contribution in [0.2, 0.25) is 0 Å². The summed E-state index contributed by atoms with van der Waals surface area (Å²) < 4.78 is 49.0. The van der Waals surface area contributed by atoms with Gasteiger partial charge >= 0.3 is 12.1 Å². The molecule has 0 amide bonds. The van der Waals surface area contributed by atoms with E-state index < -0.39 is 18.2 Å². The van der Waals surface area contributed by atoms with Gasteiger partial charge in [0.05, 0.1) is 0 Å². The summed E-state index contributed by atoms with van der Waals surface area (Å²) in [4.78, 5) is 14.9. The fourth-order valence-corrected chi connectivity index (χ4v) is 2.57. The average molecular weight is 341 g/mol. The highest BCUT2D eigenvalue weighted by Gasteiger charge is 2.44. The number of esters is 1. The second-order valence-electron chi connectivity index (χ2n) is 5.38. The Labute approximate surface area is 137 Å². The highest BCUT2D eigenvalue weighted by molar-refractivity contribution is 5.89. The molecule has 0 fully saturated rings. The Hall–Kier alpha value is -2.28. The molecule has 7 heteroatoms. The number of ether oxygens (including phenoxy) is 2. The van der Waals surface area contributed by atoms with Crippen molar-refractivity contribution in [1.29, 1.82) is 0 Å². The van der Waals surface area contributed by atoms with Gasteiger partial charge in [0, 0.05) is 18.4 Å². The topological polar surface area (TPSA) is 51.3 Å². The van der Waals surface area contributed by atoms with Gasteiger partial charge in [0.25, 0.3) is 0 Å². The number of carbonyl (C=O) groups excluding carboxylic acids is 1. The fraction of sp³-hybridized carbons (Fsp3) is 0.353. The lowest BCUT2D eigenvalue weighted by Crippen LogP contribution is -2.23. The van der Waals surface area contributed by atoms with E-state index in [0.29, 0.717) is 0 Å². The first-order chi connectivity index (χ1) is 11.3. The van der Waals surface area contributed by atoms with Crippen LogP contribution in [0.1, 0.15) is 39.0 Å². The Morgan fingerprint density at radius 3 is 2.38 bits per heavy atom. The third kappa shape index (κ3) is 3.79. The highest BCUT2D eigenvalue weighted by atomic mass is 19.4. The normalized spacial score (nSPS) is 12.9. The summed E-state index contributed by atoms with van der Waals surface area (Å²) in [7, 11) is 0.984. The van der Waals surface area contributed by atoms with Crippen LogP contribution in [0, 0.1) is 13.8 Å². The lowest BCUT2D eigenvalue weighted by atomic mass is 10.0. The lowest BCUT2D eigenvalue weighted by molar-refractivity contribution is -0.216. The number of methoxy groups -OCH3 is 1. The third-order valence-corrected chi connectivity index (χ3v) is 3.71. The standard InChI is InChI=1S/C17H18F3NO3/c1-10-13(15(23-3)17(18,19)20)11(2)21-14(10)16(22)24-9-12-7-5-4-6-8-12/h4-8,15,21H,9H2,1-3H3. The molecular weight excluding hydrogens is 323 g/mol. The van der Waals surface area contributed by atoms with Gasteiger partial charge in [-0.2, -0.15) is 13.2 Å². The number of alkyl halides is 3. The Morgan fingerprint density at radius 1 is 1.21 bits per heavy atom. The molecule has 1 heterocycles. The van der Waals surface area contributed by atoms with E-state index in [1.807, 2.05) is 6.07 Å². The Bertz CT molecular complexity index is 708. The van der Waals surface area contributed by atoms with Crippen LogP contribution >= 0.6 is 0 Å². The zero-order valence-corrected chi connectivity index (χ0v) is 13.5. The molecule has 0 aliphatic rings. The van der Waals surface area contributed by atoms with Gasteiger partial charge in [0.2, 0.25) is 0 Å². The first kappa shape index (κ1) is 18.1. The molecule has 1 unspecified atom stereocenters. The number of aryl methyl sites for hydroxylation is 1. The molecule has 1 aromatic heterocycles. The molecule has 2 rings (SSSR count). The average Bonchev–Trinajstić information content (AvgIpc) is 2.81. The van der Waals surface area contributed by atoms with Crippen LogP contribution in [0.5, 0.6) is 0 Å². The maximum atomic E-state index is 13.1. The molecule has 4 nitrogen and oxygen atoms in total. The number of benzene rings is 1. The molecular formula is C17H18F3NO3. The first-order valence-electron chi connectivity index (χ1n) is 7.25. The summed E-state index contributed by atoms with van der Waals surface area (Å²) in [6.45, 7) is 2.95. The van der Waals surface area contributed by atoms with Crippen molar-refractivity contribution in [2.45, 2.75) is 32.7 Å². The van der Waals surface area contributed by atoms with Crippen molar-refractivity contribution >= 4 is 5.97 Å². The summed E-state index contributed by atoms with van der Waals surface area (Å²) in [5.74, 6) is -0.706. The van der Waals surface area contributed by atoms with E-state index in [4.69, 9.17) is 4.74 Å². The van der Waals surface area contributed by atoms with Gasteiger partial charge in [-0.15, -0.1) is 0 Å². The molecule has 0 saturated carbocycles. The molecule has 0 aliphatic heterocycles. The summed E-state index contributed by atoms with van der Waals surface area (Å²) in [6.07, 6.45) is -6.66. The molecule has 0 aliphatic carbocycles.